The van der Waals surface area contributed by atoms with Crippen molar-refractivity contribution in [3.05, 3.63) is 93.5 Å². The molecule has 1 aliphatic rings. The van der Waals surface area contributed by atoms with Gasteiger partial charge in [0.2, 0.25) is 0 Å². The second-order valence-electron chi connectivity index (χ2n) is 10.3. The third-order valence-electron chi connectivity index (χ3n) is 7.12. The van der Waals surface area contributed by atoms with Crippen molar-refractivity contribution < 1.29 is 13.7 Å². The molecule has 0 bridgehead atoms. The Hall–Kier alpha value is -2.59. The van der Waals surface area contributed by atoms with E-state index in [1.807, 2.05) is 30.3 Å². The molecule has 0 aliphatic carbocycles. The van der Waals surface area contributed by atoms with Crippen LogP contribution in [-0.4, -0.2) is 16.1 Å². The second-order valence-corrected chi connectivity index (χ2v) is 11.7. The molecule has 0 N–H and O–H groups in total. The fourth-order valence-corrected chi connectivity index (χ4v) is 5.90. The van der Waals surface area contributed by atoms with Crippen LogP contribution in [0.25, 0.3) is 0 Å². The standard InChI is InChI=1S/C30H36O3S/c1-18(2)22-14-16-23(17-15-22)26-25-21(5)27(19(3)20(4)28(25)33-30(26,6)7)32-29(34(8)31)24-12-10-9-11-13-24/h9-18,26,29H,1-8H3. The molecule has 3 aromatic carbocycles. The van der Waals surface area contributed by atoms with E-state index in [1.165, 1.54) is 16.7 Å². The van der Waals surface area contributed by atoms with Crippen LogP contribution in [0, 0.1) is 20.8 Å². The maximum absolute atomic E-state index is 12.7. The van der Waals surface area contributed by atoms with Crippen LogP contribution in [0.15, 0.2) is 54.6 Å². The summed E-state index contributed by atoms with van der Waals surface area (Å²) in [5, 5.41) is 0. The molecule has 1 heterocycles. The van der Waals surface area contributed by atoms with Gasteiger partial charge in [-0.1, -0.05) is 68.4 Å². The average molecular weight is 477 g/mol. The zero-order chi connectivity index (χ0) is 24.8. The van der Waals surface area contributed by atoms with E-state index in [0.717, 1.165) is 33.8 Å². The quantitative estimate of drug-likeness (QED) is 0.370. The third-order valence-corrected chi connectivity index (χ3v) is 8.09. The maximum Gasteiger partial charge on any atom is 0.197 e. The highest BCUT2D eigenvalue weighted by molar-refractivity contribution is 7.84. The van der Waals surface area contributed by atoms with Crippen LogP contribution in [0.2, 0.25) is 0 Å². The molecule has 0 fully saturated rings. The van der Waals surface area contributed by atoms with E-state index in [4.69, 9.17) is 9.47 Å². The van der Waals surface area contributed by atoms with Crippen LogP contribution in [0.5, 0.6) is 11.5 Å². The van der Waals surface area contributed by atoms with Gasteiger partial charge in [0.25, 0.3) is 0 Å². The molecule has 4 rings (SSSR count). The van der Waals surface area contributed by atoms with Gasteiger partial charge >= 0.3 is 0 Å². The number of fused-ring (bicyclic) bond motifs is 1. The van der Waals surface area contributed by atoms with Gasteiger partial charge in [-0.3, -0.25) is 4.21 Å². The number of rotatable bonds is 6. The summed E-state index contributed by atoms with van der Waals surface area (Å²) >= 11 is 0. The summed E-state index contributed by atoms with van der Waals surface area (Å²) in [5.74, 6) is 2.34. The van der Waals surface area contributed by atoms with Crippen LogP contribution in [0.3, 0.4) is 0 Å². The van der Waals surface area contributed by atoms with Crippen molar-refractivity contribution in [3.63, 3.8) is 0 Å². The Morgan fingerprint density at radius 3 is 2.06 bits per heavy atom. The topological polar surface area (TPSA) is 35.5 Å². The van der Waals surface area contributed by atoms with Gasteiger partial charge in [0.15, 0.2) is 5.44 Å². The molecule has 3 unspecified atom stereocenters. The molecule has 0 spiro atoms. The summed E-state index contributed by atoms with van der Waals surface area (Å²) < 4.78 is 25.9. The van der Waals surface area contributed by atoms with Gasteiger partial charge in [-0.2, -0.15) is 0 Å². The molecule has 0 amide bonds. The number of hydrogen-bond acceptors (Lipinski definition) is 3. The molecular formula is C30H36O3S. The lowest BCUT2D eigenvalue weighted by atomic mass is 9.78. The van der Waals surface area contributed by atoms with Crippen molar-refractivity contribution >= 4 is 10.8 Å². The molecule has 3 nitrogen and oxygen atoms in total. The average Bonchev–Trinajstić information content (AvgIpc) is 3.09. The second kappa shape index (κ2) is 9.22. The molecule has 3 aromatic rings. The lowest BCUT2D eigenvalue weighted by molar-refractivity contribution is 0.121. The first-order valence-corrected chi connectivity index (χ1v) is 13.6. The van der Waals surface area contributed by atoms with E-state index in [0.29, 0.717) is 5.92 Å². The van der Waals surface area contributed by atoms with Crippen molar-refractivity contribution in [3.8, 4) is 11.5 Å². The molecule has 34 heavy (non-hydrogen) atoms. The van der Waals surface area contributed by atoms with Crippen molar-refractivity contribution in [1.29, 1.82) is 0 Å². The van der Waals surface area contributed by atoms with E-state index < -0.39 is 21.8 Å². The summed E-state index contributed by atoms with van der Waals surface area (Å²) in [5.41, 5.74) is 6.92. The molecule has 1 aliphatic heterocycles. The zero-order valence-electron chi connectivity index (χ0n) is 21.6. The highest BCUT2D eigenvalue weighted by Crippen LogP contribution is 2.54. The predicted octanol–water partition coefficient (Wildman–Crippen LogP) is 7.49. The first kappa shape index (κ1) is 24.5. The Bertz CT molecular complexity index is 1210. The molecule has 180 valence electrons. The van der Waals surface area contributed by atoms with E-state index in [-0.39, 0.29) is 5.92 Å². The molecule has 0 aromatic heterocycles. The maximum atomic E-state index is 12.7. The van der Waals surface area contributed by atoms with Crippen LogP contribution >= 0.6 is 0 Å². The first-order chi connectivity index (χ1) is 16.0. The number of benzene rings is 3. The van der Waals surface area contributed by atoms with Gasteiger partial charge in [0.05, 0.1) is 16.7 Å². The Labute approximate surface area is 207 Å². The monoisotopic (exact) mass is 476 g/mol. The largest absolute Gasteiger partial charge is 0.486 e. The lowest BCUT2D eigenvalue weighted by Crippen LogP contribution is -2.31. The van der Waals surface area contributed by atoms with Crippen molar-refractivity contribution in [1.82, 2.24) is 0 Å². The normalized spacial score (nSPS) is 18.3. The van der Waals surface area contributed by atoms with E-state index in [9.17, 15) is 4.21 Å². The van der Waals surface area contributed by atoms with Gasteiger partial charge in [-0.15, -0.1) is 0 Å². The van der Waals surface area contributed by atoms with E-state index in [2.05, 4.69) is 72.7 Å². The zero-order valence-corrected chi connectivity index (χ0v) is 22.4. The highest BCUT2D eigenvalue weighted by atomic mass is 32.2. The van der Waals surface area contributed by atoms with Gasteiger partial charge in [-0.05, 0) is 68.4 Å². The third kappa shape index (κ3) is 4.29. The van der Waals surface area contributed by atoms with Crippen LogP contribution in [0.1, 0.15) is 83.9 Å². The first-order valence-electron chi connectivity index (χ1n) is 12.0. The minimum atomic E-state index is -1.20. The Balaban J connectivity index is 1.85. The van der Waals surface area contributed by atoms with Gasteiger partial charge < -0.3 is 9.47 Å². The number of hydrogen-bond donors (Lipinski definition) is 0. The highest BCUT2D eigenvalue weighted by Gasteiger charge is 2.45. The lowest BCUT2D eigenvalue weighted by Gasteiger charge is -2.28. The minimum absolute atomic E-state index is 0.0765. The predicted molar refractivity (Wildman–Crippen MR) is 142 cm³/mol. The fourth-order valence-electron chi connectivity index (χ4n) is 5.13. The Kier molecular flexibility index (Phi) is 6.65. The SMILES string of the molecule is Cc1c(C)c2c(c(C)c1OC(c1ccccc1)S(C)=O)C(c1ccc(C(C)C)cc1)C(C)(C)O2. The van der Waals surface area contributed by atoms with Crippen molar-refractivity contribution in [2.75, 3.05) is 6.26 Å². The summed E-state index contributed by atoms with van der Waals surface area (Å²) in [4.78, 5) is 0. The molecular weight excluding hydrogens is 440 g/mol. The summed E-state index contributed by atoms with van der Waals surface area (Å²) in [7, 11) is -1.20. The molecule has 4 heteroatoms. The van der Waals surface area contributed by atoms with Crippen LogP contribution in [-0.2, 0) is 10.8 Å². The van der Waals surface area contributed by atoms with Crippen molar-refractivity contribution in [2.24, 2.45) is 0 Å². The molecule has 0 saturated carbocycles. The molecule has 0 radical (unpaired) electrons. The minimum Gasteiger partial charge on any atom is -0.486 e. The van der Waals surface area contributed by atoms with E-state index >= 15 is 0 Å². The van der Waals surface area contributed by atoms with E-state index in [1.54, 1.807) is 6.26 Å². The van der Waals surface area contributed by atoms with Gasteiger partial charge in [0.1, 0.15) is 17.1 Å². The van der Waals surface area contributed by atoms with Crippen LogP contribution < -0.4 is 9.47 Å². The summed E-state index contributed by atoms with van der Waals surface area (Å²) in [6.45, 7) is 15.0. The molecule has 0 saturated heterocycles. The van der Waals surface area contributed by atoms with Crippen molar-refractivity contribution in [2.45, 2.75) is 71.3 Å². The fraction of sp³-hybridized carbons (Fsp3) is 0.400. The van der Waals surface area contributed by atoms with Crippen LogP contribution in [0.4, 0.5) is 0 Å². The Morgan fingerprint density at radius 1 is 0.882 bits per heavy atom. The number of ether oxygens (including phenoxy) is 2. The summed E-state index contributed by atoms with van der Waals surface area (Å²) in [6, 6.07) is 18.8. The summed E-state index contributed by atoms with van der Waals surface area (Å²) in [6.07, 6.45) is 1.70. The van der Waals surface area contributed by atoms with Gasteiger partial charge in [0, 0.05) is 17.4 Å². The van der Waals surface area contributed by atoms with Gasteiger partial charge in [-0.25, -0.2) is 0 Å². The Morgan fingerprint density at radius 2 is 1.50 bits per heavy atom. The molecule has 3 atom stereocenters. The smallest absolute Gasteiger partial charge is 0.197 e.